The van der Waals surface area contributed by atoms with Gasteiger partial charge < -0.3 is 15.1 Å². The van der Waals surface area contributed by atoms with Crippen LogP contribution < -0.4 is 10.2 Å². The fourth-order valence-electron chi connectivity index (χ4n) is 5.91. The Balaban J connectivity index is 1.16. The van der Waals surface area contributed by atoms with Crippen molar-refractivity contribution in [1.82, 2.24) is 19.5 Å². The zero-order valence-electron chi connectivity index (χ0n) is 23.1. The molecule has 2 saturated heterocycles. The molecule has 0 saturated carbocycles. The Bertz CT molecular complexity index is 1700. The summed E-state index contributed by atoms with van der Waals surface area (Å²) in [5.74, 6) is -3.40. The lowest BCUT2D eigenvalue weighted by molar-refractivity contribution is -0.186. The Kier molecular flexibility index (Phi) is 7.68. The van der Waals surface area contributed by atoms with Gasteiger partial charge >= 0.3 is 12.1 Å². The Morgan fingerprint density at radius 2 is 1.70 bits per heavy atom. The fraction of sp³-hybridized carbons (Fsp3) is 0.333. The first kappa shape index (κ1) is 29.5. The topological polar surface area (TPSA) is 82.8 Å². The quantitative estimate of drug-likeness (QED) is 0.286. The highest BCUT2D eigenvalue weighted by atomic mass is 19.4. The van der Waals surface area contributed by atoms with E-state index in [2.05, 4.69) is 15.4 Å². The average Bonchev–Trinajstić information content (AvgIpc) is 3.61. The zero-order valence-corrected chi connectivity index (χ0v) is 23.1. The molecule has 0 spiro atoms. The van der Waals surface area contributed by atoms with Crippen molar-refractivity contribution in [1.29, 1.82) is 0 Å². The third-order valence-electron chi connectivity index (χ3n) is 8.13. The van der Waals surface area contributed by atoms with Crippen LogP contribution in [0.1, 0.15) is 52.7 Å². The van der Waals surface area contributed by atoms with Crippen LogP contribution in [0.2, 0.25) is 0 Å². The molecule has 0 unspecified atom stereocenters. The van der Waals surface area contributed by atoms with E-state index in [0.29, 0.717) is 18.5 Å². The number of rotatable bonds is 5. The number of hydrogen-bond donors (Lipinski definition) is 1. The molecule has 2 fully saturated rings. The number of piperidine rings is 1. The first-order chi connectivity index (χ1) is 21.0. The van der Waals surface area contributed by atoms with Gasteiger partial charge in [-0.2, -0.15) is 18.3 Å². The molecule has 0 bridgehead atoms. The predicted molar refractivity (Wildman–Crippen MR) is 148 cm³/mol. The highest BCUT2D eigenvalue weighted by Gasteiger charge is 2.43. The Morgan fingerprint density at radius 3 is 2.41 bits per heavy atom. The number of nitrogens with one attached hydrogen (secondary N) is 1. The minimum Gasteiger partial charge on any atom is -0.346 e. The van der Waals surface area contributed by atoms with E-state index in [1.54, 1.807) is 41.4 Å². The molecule has 44 heavy (non-hydrogen) atoms. The van der Waals surface area contributed by atoms with Gasteiger partial charge in [0.25, 0.3) is 5.91 Å². The van der Waals surface area contributed by atoms with Gasteiger partial charge in [-0.15, -0.1) is 0 Å². The van der Waals surface area contributed by atoms with Crippen LogP contribution in [0.25, 0.3) is 5.65 Å². The number of hydrogen-bond acceptors (Lipinski definition) is 5. The van der Waals surface area contributed by atoms with Crippen LogP contribution in [0.5, 0.6) is 0 Å². The summed E-state index contributed by atoms with van der Waals surface area (Å²) in [7, 11) is 0. The molecule has 4 aromatic rings. The van der Waals surface area contributed by atoms with Crippen molar-refractivity contribution in [3.63, 3.8) is 0 Å². The van der Waals surface area contributed by atoms with Gasteiger partial charge in [-0.3, -0.25) is 9.59 Å². The summed E-state index contributed by atoms with van der Waals surface area (Å²) in [4.78, 5) is 31.6. The molecule has 2 aromatic carbocycles. The van der Waals surface area contributed by atoms with E-state index < -0.39 is 41.8 Å². The van der Waals surface area contributed by atoms with Crippen molar-refractivity contribution in [3.8, 4) is 0 Å². The van der Waals surface area contributed by atoms with Gasteiger partial charge in [0.15, 0.2) is 5.65 Å². The summed E-state index contributed by atoms with van der Waals surface area (Å²) in [5, 5.41) is 6.94. The standard InChI is InChI=1S/C30H26F6N6O2/c31-19-3-6-24(33)22(13-19)25-14-20(32)16-41(25)26-9-12-42-27(39-26)23(15-37-42)28(43)38-21-4-1-17(2-5-21)18-7-10-40(11-8-18)29(44)30(34,35)36/h1-6,9,12-13,15,18,20,25H,7-8,10-11,14,16H2,(H,38,43)/t20-,25+/m0/s1. The summed E-state index contributed by atoms with van der Waals surface area (Å²) in [5.41, 5.74) is 1.66. The number of amides is 2. The molecule has 2 amide bonds. The van der Waals surface area contributed by atoms with Crippen molar-refractivity contribution in [2.45, 2.75) is 43.6 Å². The molecule has 1 N–H and O–H groups in total. The molecule has 4 heterocycles. The van der Waals surface area contributed by atoms with E-state index in [1.807, 2.05) is 0 Å². The summed E-state index contributed by atoms with van der Waals surface area (Å²) in [6.07, 6.45) is -2.60. The van der Waals surface area contributed by atoms with Gasteiger partial charge in [0.1, 0.15) is 29.2 Å². The smallest absolute Gasteiger partial charge is 0.346 e. The van der Waals surface area contributed by atoms with Crippen molar-refractivity contribution < 1.29 is 35.9 Å². The molecule has 2 aliphatic heterocycles. The molecule has 14 heteroatoms. The molecule has 8 nitrogen and oxygen atoms in total. The Hall–Kier alpha value is -4.62. The van der Waals surface area contributed by atoms with E-state index in [-0.39, 0.29) is 54.6 Å². The molecular weight excluding hydrogens is 590 g/mol. The Labute approximate surface area is 247 Å². The second-order valence-electron chi connectivity index (χ2n) is 10.9. The van der Waals surface area contributed by atoms with Gasteiger partial charge in [-0.1, -0.05) is 12.1 Å². The molecular formula is C30H26F6N6O2. The van der Waals surface area contributed by atoms with Crippen molar-refractivity contribution in [2.75, 3.05) is 29.9 Å². The second-order valence-corrected chi connectivity index (χ2v) is 10.9. The highest BCUT2D eigenvalue weighted by molar-refractivity contribution is 6.08. The summed E-state index contributed by atoms with van der Waals surface area (Å²) in [6, 6.07) is 10.7. The maximum absolute atomic E-state index is 14.6. The van der Waals surface area contributed by atoms with Crippen molar-refractivity contribution in [3.05, 3.63) is 89.2 Å². The minimum atomic E-state index is -4.89. The van der Waals surface area contributed by atoms with Gasteiger partial charge in [0.2, 0.25) is 0 Å². The predicted octanol–water partition coefficient (Wildman–Crippen LogP) is 5.82. The lowest BCUT2D eigenvalue weighted by Crippen LogP contribution is -2.45. The van der Waals surface area contributed by atoms with Gasteiger partial charge in [0.05, 0.1) is 18.8 Å². The summed E-state index contributed by atoms with van der Waals surface area (Å²) < 4.78 is 82.6. The van der Waals surface area contributed by atoms with Crippen LogP contribution in [0.15, 0.2) is 60.9 Å². The van der Waals surface area contributed by atoms with Gasteiger partial charge in [-0.05, 0) is 60.7 Å². The lowest BCUT2D eigenvalue weighted by atomic mass is 9.89. The number of fused-ring (bicyclic) bond motifs is 1. The van der Waals surface area contributed by atoms with E-state index in [0.717, 1.165) is 28.7 Å². The van der Waals surface area contributed by atoms with Gasteiger partial charge in [-0.25, -0.2) is 22.7 Å². The number of carbonyl (C=O) groups excluding carboxylic acids is 2. The van der Waals surface area contributed by atoms with Crippen molar-refractivity contribution >= 4 is 29.0 Å². The number of benzene rings is 2. The van der Waals surface area contributed by atoms with E-state index in [4.69, 9.17) is 0 Å². The van der Waals surface area contributed by atoms with Crippen molar-refractivity contribution in [2.24, 2.45) is 0 Å². The monoisotopic (exact) mass is 616 g/mol. The number of anilines is 2. The van der Waals surface area contributed by atoms with E-state index >= 15 is 0 Å². The minimum absolute atomic E-state index is 0.00650. The second kappa shape index (κ2) is 11.5. The number of halogens is 6. The number of nitrogens with zero attached hydrogens (tertiary/aromatic N) is 5. The van der Waals surface area contributed by atoms with E-state index in [9.17, 15) is 35.9 Å². The number of alkyl halides is 4. The maximum Gasteiger partial charge on any atom is 0.471 e. The molecule has 2 aromatic heterocycles. The SMILES string of the molecule is O=C(Nc1ccc(C2CCN(C(=O)C(F)(F)F)CC2)cc1)c1cnn2ccc(N3C[C@@H](F)C[C@@H]3c3cc(F)ccc3F)nc12. The van der Waals surface area contributed by atoms with E-state index in [1.165, 1.54) is 10.7 Å². The van der Waals surface area contributed by atoms with Crippen LogP contribution >= 0.6 is 0 Å². The Morgan fingerprint density at radius 1 is 0.977 bits per heavy atom. The first-order valence-corrected chi connectivity index (χ1v) is 14.0. The fourth-order valence-corrected chi connectivity index (χ4v) is 5.91. The number of carbonyl (C=O) groups is 2. The molecule has 2 aliphatic rings. The normalized spacial score (nSPS) is 19.5. The third kappa shape index (κ3) is 5.80. The summed E-state index contributed by atoms with van der Waals surface area (Å²) >= 11 is 0. The molecule has 0 radical (unpaired) electrons. The molecule has 0 aliphatic carbocycles. The number of aromatic nitrogens is 3. The van der Waals surface area contributed by atoms with Crippen LogP contribution in [0.4, 0.5) is 37.8 Å². The average molecular weight is 617 g/mol. The lowest BCUT2D eigenvalue weighted by Gasteiger charge is -2.32. The van der Waals surface area contributed by atoms with Crippen LogP contribution in [0, 0.1) is 11.6 Å². The summed E-state index contributed by atoms with van der Waals surface area (Å²) in [6.45, 7) is -0.0808. The molecule has 2 atom stereocenters. The number of likely N-dealkylation sites (tertiary alicyclic amines) is 1. The highest BCUT2D eigenvalue weighted by Crippen LogP contribution is 2.38. The maximum atomic E-state index is 14.6. The van der Waals surface area contributed by atoms with Crippen LogP contribution in [0.3, 0.4) is 0 Å². The molecule has 230 valence electrons. The first-order valence-electron chi connectivity index (χ1n) is 14.0. The van der Waals surface area contributed by atoms with Crippen LogP contribution in [-0.2, 0) is 4.79 Å². The zero-order chi connectivity index (χ0) is 31.2. The molecule has 6 rings (SSSR count). The van der Waals surface area contributed by atoms with Crippen LogP contribution in [-0.4, -0.2) is 63.3 Å². The largest absolute Gasteiger partial charge is 0.471 e. The third-order valence-corrected chi connectivity index (χ3v) is 8.13. The van der Waals surface area contributed by atoms with Gasteiger partial charge in [0, 0.05) is 37.0 Å².